The standard InChI is InChI=1S/C29H53N5O7S/c1-6-8-9-10-11-16-29(7-2,26(37)38)32-25(36)22-15-14-18-34(22)24(35)20-30-27(39)31-23(28(3,4)5)21-33-17-12-13-19-42(33,40)41/h22-23H,6-21H2,1-5H3,(H,32,36)(H,37,38)(H2,30,31,39)/t22-,23?,29+/m0/s1. The van der Waals surface area contributed by atoms with Gasteiger partial charge >= 0.3 is 12.0 Å². The lowest BCUT2D eigenvalue weighted by atomic mass is 9.86. The fourth-order valence-electron chi connectivity index (χ4n) is 5.58. The van der Waals surface area contributed by atoms with E-state index in [9.17, 15) is 32.7 Å². The molecular weight excluding hydrogens is 562 g/mol. The Morgan fingerprint density at radius 2 is 1.67 bits per heavy atom. The normalized spacial score (nSPS) is 21.3. The summed E-state index contributed by atoms with van der Waals surface area (Å²) in [6.45, 7) is 10.1. The van der Waals surface area contributed by atoms with Crippen LogP contribution in [0.5, 0.6) is 0 Å². The predicted octanol–water partition coefficient (Wildman–Crippen LogP) is 2.83. The first kappa shape index (κ1) is 35.8. The molecule has 1 unspecified atom stereocenters. The van der Waals surface area contributed by atoms with Crippen LogP contribution in [0.15, 0.2) is 0 Å². The highest BCUT2D eigenvalue weighted by atomic mass is 32.2. The molecule has 0 spiro atoms. The van der Waals surface area contributed by atoms with E-state index in [-0.39, 0.29) is 25.3 Å². The van der Waals surface area contributed by atoms with Crippen molar-refractivity contribution >= 4 is 33.8 Å². The van der Waals surface area contributed by atoms with Gasteiger partial charge in [-0.15, -0.1) is 0 Å². The maximum Gasteiger partial charge on any atom is 0.329 e. The minimum atomic E-state index is -3.37. The van der Waals surface area contributed by atoms with Crippen molar-refractivity contribution in [2.24, 2.45) is 5.41 Å². The van der Waals surface area contributed by atoms with Gasteiger partial charge in [0.25, 0.3) is 0 Å². The second kappa shape index (κ2) is 15.9. The molecule has 2 fully saturated rings. The third-order valence-electron chi connectivity index (χ3n) is 8.55. The molecule has 0 aromatic rings. The molecule has 242 valence electrons. The van der Waals surface area contributed by atoms with Crippen LogP contribution in [-0.2, 0) is 24.4 Å². The quantitative estimate of drug-likeness (QED) is 0.206. The number of nitrogens with zero attached hydrogens (tertiary/aromatic N) is 2. The highest BCUT2D eigenvalue weighted by Crippen LogP contribution is 2.25. The third-order valence-corrected chi connectivity index (χ3v) is 10.5. The number of carboxylic acid groups (broad SMARTS) is 1. The number of aliphatic carboxylic acids is 1. The van der Waals surface area contributed by atoms with Crippen molar-refractivity contribution in [2.45, 2.75) is 123 Å². The molecule has 0 radical (unpaired) electrons. The Balaban J connectivity index is 1.98. The van der Waals surface area contributed by atoms with Crippen molar-refractivity contribution in [3.8, 4) is 0 Å². The average Bonchev–Trinajstić information content (AvgIpc) is 3.41. The van der Waals surface area contributed by atoms with Gasteiger partial charge in [-0.2, -0.15) is 4.31 Å². The number of hydrogen-bond donors (Lipinski definition) is 4. The van der Waals surface area contributed by atoms with Crippen LogP contribution in [0.3, 0.4) is 0 Å². The number of carboxylic acids is 1. The number of likely N-dealkylation sites (tertiary alicyclic amines) is 1. The number of urea groups is 1. The number of unbranched alkanes of at least 4 members (excludes halogenated alkanes) is 4. The van der Waals surface area contributed by atoms with Crippen molar-refractivity contribution < 1.29 is 32.7 Å². The van der Waals surface area contributed by atoms with E-state index in [2.05, 4.69) is 22.9 Å². The molecule has 4 N–H and O–H groups in total. The Morgan fingerprint density at radius 3 is 2.26 bits per heavy atom. The zero-order valence-electron chi connectivity index (χ0n) is 26.2. The number of amides is 4. The molecule has 2 heterocycles. The summed E-state index contributed by atoms with van der Waals surface area (Å²) in [6, 6.07) is -1.90. The first-order valence-electron chi connectivity index (χ1n) is 15.5. The van der Waals surface area contributed by atoms with Crippen molar-refractivity contribution in [1.29, 1.82) is 0 Å². The van der Waals surface area contributed by atoms with E-state index in [1.54, 1.807) is 6.92 Å². The molecule has 2 aliphatic heterocycles. The summed E-state index contributed by atoms with van der Waals surface area (Å²) < 4.78 is 26.4. The van der Waals surface area contributed by atoms with Crippen molar-refractivity contribution in [3.63, 3.8) is 0 Å². The van der Waals surface area contributed by atoms with Crippen LogP contribution in [0.1, 0.15) is 105 Å². The second-order valence-corrected chi connectivity index (χ2v) is 14.9. The third kappa shape index (κ3) is 10.1. The molecular formula is C29H53N5O7S. The van der Waals surface area contributed by atoms with Crippen LogP contribution in [0, 0.1) is 5.41 Å². The summed E-state index contributed by atoms with van der Waals surface area (Å²) in [6.07, 6.45) is 7.72. The highest BCUT2D eigenvalue weighted by Gasteiger charge is 2.42. The molecule has 0 aromatic carbocycles. The minimum Gasteiger partial charge on any atom is -0.480 e. The zero-order valence-corrected chi connectivity index (χ0v) is 27.0. The van der Waals surface area contributed by atoms with Crippen LogP contribution in [-0.4, -0.2) is 96.1 Å². The van der Waals surface area contributed by atoms with Gasteiger partial charge in [0.1, 0.15) is 11.6 Å². The number of carbonyl (C=O) groups excluding carboxylic acids is 3. The second-order valence-electron chi connectivity index (χ2n) is 12.8. The molecule has 2 aliphatic rings. The maximum absolute atomic E-state index is 13.3. The monoisotopic (exact) mass is 615 g/mol. The van der Waals surface area contributed by atoms with E-state index in [1.165, 1.54) is 9.21 Å². The summed E-state index contributed by atoms with van der Waals surface area (Å²) in [7, 11) is -3.37. The lowest BCUT2D eigenvalue weighted by Gasteiger charge is -2.36. The van der Waals surface area contributed by atoms with Gasteiger partial charge in [-0.1, -0.05) is 66.7 Å². The number of carbonyl (C=O) groups is 4. The molecule has 3 atom stereocenters. The molecule has 4 amide bonds. The Labute approximate surface area is 251 Å². The van der Waals surface area contributed by atoms with E-state index in [1.807, 2.05) is 20.8 Å². The lowest BCUT2D eigenvalue weighted by Crippen LogP contribution is -2.59. The molecule has 2 rings (SSSR count). The molecule has 13 heteroatoms. The van der Waals surface area contributed by atoms with E-state index in [4.69, 9.17) is 0 Å². The van der Waals surface area contributed by atoms with Crippen molar-refractivity contribution in [2.75, 3.05) is 31.9 Å². The summed E-state index contributed by atoms with van der Waals surface area (Å²) in [5.74, 6) is -1.90. The van der Waals surface area contributed by atoms with Gasteiger partial charge in [0.2, 0.25) is 21.8 Å². The molecule has 42 heavy (non-hydrogen) atoms. The molecule has 0 saturated carbocycles. The van der Waals surface area contributed by atoms with Crippen LogP contribution >= 0.6 is 0 Å². The van der Waals surface area contributed by atoms with Gasteiger partial charge in [0, 0.05) is 25.7 Å². The van der Waals surface area contributed by atoms with Crippen LogP contribution in [0.25, 0.3) is 0 Å². The van der Waals surface area contributed by atoms with Gasteiger partial charge in [0.15, 0.2) is 0 Å². The topological polar surface area (TPSA) is 165 Å². The first-order chi connectivity index (χ1) is 19.7. The summed E-state index contributed by atoms with van der Waals surface area (Å²) in [4.78, 5) is 52.8. The van der Waals surface area contributed by atoms with E-state index >= 15 is 0 Å². The molecule has 0 bridgehead atoms. The average molecular weight is 616 g/mol. The van der Waals surface area contributed by atoms with Gasteiger partial charge in [0.05, 0.1) is 12.3 Å². The molecule has 0 aliphatic carbocycles. The van der Waals surface area contributed by atoms with Gasteiger partial charge < -0.3 is 26.0 Å². The van der Waals surface area contributed by atoms with Gasteiger partial charge in [-0.25, -0.2) is 18.0 Å². The number of sulfonamides is 1. The Bertz CT molecular complexity index is 1050. The van der Waals surface area contributed by atoms with E-state index in [0.29, 0.717) is 45.2 Å². The van der Waals surface area contributed by atoms with E-state index < -0.39 is 56.9 Å². The maximum atomic E-state index is 13.3. The van der Waals surface area contributed by atoms with Gasteiger partial charge in [-0.3, -0.25) is 9.59 Å². The fourth-order valence-corrected chi connectivity index (χ4v) is 7.19. The first-order valence-corrected chi connectivity index (χ1v) is 17.1. The number of hydrogen-bond acceptors (Lipinski definition) is 6. The summed E-state index contributed by atoms with van der Waals surface area (Å²) in [5, 5.41) is 18.2. The Hall–Kier alpha value is -2.41. The summed E-state index contributed by atoms with van der Waals surface area (Å²) in [5.41, 5.74) is -1.83. The van der Waals surface area contributed by atoms with Crippen LogP contribution in [0.2, 0.25) is 0 Å². The predicted molar refractivity (Wildman–Crippen MR) is 161 cm³/mol. The molecule has 2 saturated heterocycles. The molecule has 12 nitrogen and oxygen atoms in total. The highest BCUT2D eigenvalue weighted by molar-refractivity contribution is 7.89. The molecule has 0 aromatic heterocycles. The summed E-state index contributed by atoms with van der Waals surface area (Å²) >= 11 is 0. The lowest BCUT2D eigenvalue weighted by molar-refractivity contribution is -0.149. The van der Waals surface area contributed by atoms with Crippen LogP contribution in [0.4, 0.5) is 4.79 Å². The van der Waals surface area contributed by atoms with E-state index in [0.717, 1.165) is 32.1 Å². The Kier molecular flexibility index (Phi) is 13.5. The number of nitrogens with one attached hydrogen (secondary N) is 3. The number of rotatable bonds is 15. The fraction of sp³-hybridized carbons (Fsp3) is 0.862. The largest absolute Gasteiger partial charge is 0.480 e. The minimum absolute atomic E-state index is 0.0972. The zero-order chi connectivity index (χ0) is 31.6. The van der Waals surface area contributed by atoms with Crippen molar-refractivity contribution in [1.82, 2.24) is 25.2 Å². The Morgan fingerprint density at radius 1 is 0.976 bits per heavy atom. The SMILES string of the molecule is CCCCCCC[C@@](CC)(NC(=O)[C@@H]1CCCN1C(=O)CNC(=O)NC(CN1CCCCS1(=O)=O)C(C)(C)C)C(=O)O. The smallest absolute Gasteiger partial charge is 0.329 e. The van der Waals surface area contributed by atoms with Gasteiger partial charge in [-0.05, 0) is 43.9 Å². The van der Waals surface area contributed by atoms with Crippen LogP contribution < -0.4 is 16.0 Å². The van der Waals surface area contributed by atoms with Crippen molar-refractivity contribution in [3.05, 3.63) is 0 Å².